The van der Waals surface area contributed by atoms with Gasteiger partial charge in [0.1, 0.15) is 0 Å². The maximum atomic E-state index is 12.5. The van der Waals surface area contributed by atoms with Crippen molar-refractivity contribution >= 4 is 5.91 Å². The number of hydrogen-bond acceptors (Lipinski definition) is 3. The van der Waals surface area contributed by atoms with Crippen LogP contribution < -0.4 is 5.32 Å². The molecule has 0 spiro atoms. The number of nitrogens with one attached hydrogen (secondary N) is 1. The van der Waals surface area contributed by atoms with Crippen LogP contribution in [-0.2, 0) is 4.79 Å². The highest BCUT2D eigenvalue weighted by Gasteiger charge is 2.41. The second kappa shape index (κ2) is 5.30. The Kier molecular flexibility index (Phi) is 3.47. The number of amides is 1. The van der Waals surface area contributed by atoms with Gasteiger partial charge in [-0.2, -0.15) is 0 Å². The first-order valence-electron chi connectivity index (χ1n) is 8.52. The Morgan fingerprint density at radius 3 is 2.40 bits per heavy atom. The van der Waals surface area contributed by atoms with Crippen LogP contribution in [0.25, 0.3) is 0 Å². The maximum Gasteiger partial charge on any atom is 0.222 e. The average molecular weight is 277 g/mol. The maximum absolute atomic E-state index is 12.5. The van der Waals surface area contributed by atoms with E-state index in [1.54, 1.807) is 0 Å². The van der Waals surface area contributed by atoms with E-state index in [4.69, 9.17) is 0 Å². The monoisotopic (exact) mass is 277 g/mol. The first-order valence-corrected chi connectivity index (χ1v) is 8.52. The molecule has 4 rings (SSSR count). The highest BCUT2D eigenvalue weighted by molar-refractivity contribution is 5.76. The van der Waals surface area contributed by atoms with E-state index in [2.05, 4.69) is 15.1 Å². The lowest BCUT2D eigenvalue weighted by atomic mass is 9.86. The summed E-state index contributed by atoms with van der Waals surface area (Å²) in [6, 6.07) is 0.734. The Morgan fingerprint density at radius 2 is 1.85 bits per heavy atom. The first kappa shape index (κ1) is 13.1. The van der Waals surface area contributed by atoms with Gasteiger partial charge in [-0.25, -0.2) is 0 Å². The van der Waals surface area contributed by atoms with Crippen LogP contribution in [-0.4, -0.2) is 61.0 Å². The van der Waals surface area contributed by atoms with Crippen LogP contribution in [0.4, 0.5) is 0 Å². The predicted molar refractivity (Wildman–Crippen MR) is 78.4 cm³/mol. The van der Waals surface area contributed by atoms with Gasteiger partial charge in [0.25, 0.3) is 0 Å². The molecule has 1 amide bonds. The van der Waals surface area contributed by atoms with E-state index in [9.17, 15) is 4.79 Å². The molecular weight excluding hydrogens is 250 g/mol. The quantitative estimate of drug-likeness (QED) is 0.833. The highest BCUT2D eigenvalue weighted by Crippen LogP contribution is 2.49. The number of fused-ring (bicyclic) bond motifs is 2. The van der Waals surface area contributed by atoms with Crippen molar-refractivity contribution in [1.29, 1.82) is 0 Å². The van der Waals surface area contributed by atoms with Gasteiger partial charge in [0, 0.05) is 51.7 Å². The lowest BCUT2D eigenvalue weighted by Crippen LogP contribution is -2.62. The second-order valence-electron chi connectivity index (χ2n) is 7.37. The zero-order chi connectivity index (χ0) is 13.5. The van der Waals surface area contributed by atoms with Gasteiger partial charge < -0.3 is 10.2 Å². The molecule has 2 aliphatic heterocycles. The molecule has 4 nitrogen and oxygen atoms in total. The third-order valence-corrected chi connectivity index (χ3v) is 6.26. The number of rotatable bonds is 3. The summed E-state index contributed by atoms with van der Waals surface area (Å²) in [5.74, 6) is 3.00. The van der Waals surface area contributed by atoms with Crippen molar-refractivity contribution in [3.63, 3.8) is 0 Å². The molecular formula is C16H27N3O. The third kappa shape index (κ3) is 2.37. The molecule has 1 N–H and O–H groups in total. The minimum absolute atomic E-state index is 0.439. The fraction of sp³-hybridized carbons (Fsp3) is 0.938. The summed E-state index contributed by atoms with van der Waals surface area (Å²) in [4.78, 5) is 17.2. The fourth-order valence-electron chi connectivity index (χ4n) is 4.85. The summed E-state index contributed by atoms with van der Waals surface area (Å²) < 4.78 is 0. The molecule has 0 aromatic heterocycles. The van der Waals surface area contributed by atoms with Crippen LogP contribution >= 0.6 is 0 Å². The Balaban J connectivity index is 1.25. The van der Waals surface area contributed by atoms with E-state index in [0.29, 0.717) is 5.91 Å². The summed E-state index contributed by atoms with van der Waals surface area (Å²) in [6.07, 6.45) is 6.42. The molecule has 2 saturated heterocycles. The topological polar surface area (TPSA) is 35.6 Å². The number of hydrogen-bond donors (Lipinski definition) is 1. The van der Waals surface area contributed by atoms with Crippen LogP contribution in [0, 0.1) is 17.8 Å². The molecule has 3 unspecified atom stereocenters. The van der Waals surface area contributed by atoms with Crippen LogP contribution in [0.3, 0.4) is 0 Å². The minimum Gasteiger partial charge on any atom is -0.340 e. The zero-order valence-electron chi connectivity index (χ0n) is 12.4. The van der Waals surface area contributed by atoms with E-state index < -0.39 is 0 Å². The summed E-state index contributed by atoms with van der Waals surface area (Å²) in [5.41, 5.74) is 0. The standard InChI is InChI=1S/C16H27N3O/c20-16(9-14-8-12-1-2-13(14)7-12)19-5-3-18(4-6-19)15-10-17-11-15/h12-15,17H,1-11H2. The second-order valence-corrected chi connectivity index (χ2v) is 7.37. The fourth-order valence-corrected chi connectivity index (χ4v) is 4.85. The van der Waals surface area contributed by atoms with Gasteiger partial charge >= 0.3 is 0 Å². The van der Waals surface area contributed by atoms with E-state index in [1.807, 2.05) is 0 Å². The molecule has 2 aliphatic carbocycles. The summed E-state index contributed by atoms with van der Waals surface area (Å²) >= 11 is 0. The molecule has 2 heterocycles. The molecule has 112 valence electrons. The van der Waals surface area contributed by atoms with E-state index in [1.165, 1.54) is 25.7 Å². The number of carbonyl (C=O) groups excluding carboxylic acids is 1. The van der Waals surface area contributed by atoms with Gasteiger partial charge in [0.15, 0.2) is 0 Å². The van der Waals surface area contributed by atoms with Crippen molar-refractivity contribution in [3.05, 3.63) is 0 Å². The zero-order valence-corrected chi connectivity index (χ0v) is 12.4. The number of piperazine rings is 1. The van der Waals surface area contributed by atoms with E-state index in [-0.39, 0.29) is 0 Å². The van der Waals surface area contributed by atoms with E-state index >= 15 is 0 Å². The van der Waals surface area contributed by atoms with Crippen molar-refractivity contribution < 1.29 is 4.79 Å². The molecule has 4 fully saturated rings. The van der Waals surface area contributed by atoms with Gasteiger partial charge in [-0.15, -0.1) is 0 Å². The lowest BCUT2D eigenvalue weighted by Gasteiger charge is -2.43. The van der Waals surface area contributed by atoms with Crippen LogP contribution in [0.5, 0.6) is 0 Å². The summed E-state index contributed by atoms with van der Waals surface area (Å²) in [5, 5.41) is 3.33. The molecule has 4 heteroatoms. The largest absolute Gasteiger partial charge is 0.340 e. The van der Waals surface area contributed by atoms with Gasteiger partial charge in [0.2, 0.25) is 5.91 Å². The SMILES string of the molecule is O=C(CC1CC2CCC1C2)N1CCN(C2CNC2)CC1. The molecule has 2 bridgehead atoms. The molecule has 3 atom stereocenters. The summed E-state index contributed by atoms with van der Waals surface area (Å²) in [7, 11) is 0. The number of nitrogens with zero attached hydrogens (tertiary/aromatic N) is 2. The predicted octanol–water partition coefficient (Wildman–Crippen LogP) is 0.929. The molecule has 2 saturated carbocycles. The van der Waals surface area contributed by atoms with Gasteiger partial charge in [-0.3, -0.25) is 9.69 Å². The van der Waals surface area contributed by atoms with Gasteiger partial charge in [-0.05, 0) is 37.0 Å². The van der Waals surface area contributed by atoms with Crippen molar-refractivity contribution in [2.24, 2.45) is 17.8 Å². The first-order chi connectivity index (χ1) is 9.79. The van der Waals surface area contributed by atoms with Crippen molar-refractivity contribution in [2.75, 3.05) is 39.3 Å². The highest BCUT2D eigenvalue weighted by atomic mass is 16.2. The molecule has 20 heavy (non-hydrogen) atoms. The molecule has 0 radical (unpaired) electrons. The smallest absolute Gasteiger partial charge is 0.222 e. The van der Waals surface area contributed by atoms with E-state index in [0.717, 1.165) is 69.5 Å². The minimum atomic E-state index is 0.439. The van der Waals surface area contributed by atoms with Gasteiger partial charge in [0.05, 0.1) is 0 Å². The average Bonchev–Trinajstić information content (AvgIpc) is 3.00. The van der Waals surface area contributed by atoms with Crippen LogP contribution in [0.15, 0.2) is 0 Å². The lowest BCUT2D eigenvalue weighted by molar-refractivity contribution is -0.134. The Labute approximate surface area is 121 Å². The summed E-state index contributed by atoms with van der Waals surface area (Å²) in [6.45, 7) is 6.34. The molecule has 0 aromatic carbocycles. The van der Waals surface area contributed by atoms with Crippen molar-refractivity contribution in [2.45, 2.75) is 38.1 Å². The Hall–Kier alpha value is -0.610. The van der Waals surface area contributed by atoms with Crippen LogP contribution in [0.2, 0.25) is 0 Å². The van der Waals surface area contributed by atoms with Crippen molar-refractivity contribution in [1.82, 2.24) is 15.1 Å². The molecule has 0 aromatic rings. The Morgan fingerprint density at radius 1 is 1.05 bits per heavy atom. The third-order valence-electron chi connectivity index (χ3n) is 6.26. The van der Waals surface area contributed by atoms with Crippen molar-refractivity contribution in [3.8, 4) is 0 Å². The number of carbonyl (C=O) groups is 1. The van der Waals surface area contributed by atoms with Gasteiger partial charge in [-0.1, -0.05) is 6.42 Å². The van der Waals surface area contributed by atoms with Crippen LogP contribution in [0.1, 0.15) is 32.1 Å². The molecule has 4 aliphatic rings. The normalized spacial score (nSPS) is 38.2. The Bertz CT molecular complexity index is 374.